The Balaban J connectivity index is 2.50. The molecule has 1 aromatic carbocycles. The fraction of sp³-hybridized carbons (Fsp3) is 0.562. The Labute approximate surface area is 126 Å². The van der Waals surface area contributed by atoms with E-state index in [9.17, 15) is 9.18 Å². The van der Waals surface area contributed by atoms with Crippen molar-refractivity contribution in [1.82, 2.24) is 10.6 Å². The summed E-state index contributed by atoms with van der Waals surface area (Å²) in [6.07, 6.45) is 0.872. The summed E-state index contributed by atoms with van der Waals surface area (Å²) < 4.78 is 18.9. The number of carbonyl (C=O) groups excluding carboxylic acids is 1. The zero-order chi connectivity index (χ0) is 15.7. The van der Waals surface area contributed by atoms with Crippen molar-refractivity contribution in [1.29, 1.82) is 0 Å². The minimum Gasteiger partial charge on any atom is -0.484 e. The molecule has 5 heteroatoms. The number of halogens is 1. The van der Waals surface area contributed by atoms with E-state index in [-0.39, 0.29) is 18.3 Å². The summed E-state index contributed by atoms with van der Waals surface area (Å²) in [6, 6.07) is 4.51. The van der Waals surface area contributed by atoms with Gasteiger partial charge in [0.25, 0.3) is 5.91 Å². The fourth-order valence-electron chi connectivity index (χ4n) is 1.78. The van der Waals surface area contributed by atoms with Crippen molar-refractivity contribution < 1.29 is 13.9 Å². The molecule has 2 N–H and O–H groups in total. The predicted octanol–water partition coefficient (Wildman–Crippen LogP) is 2.48. The molecule has 0 atom stereocenters. The molecule has 0 saturated carbocycles. The maximum atomic E-state index is 13.5. The highest BCUT2D eigenvalue weighted by atomic mass is 19.1. The van der Waals surface area contributed by atoms with Crippen LogP contribution in [0.5, 0.6) is 5.75 Å². The number of ether oxygens (including phenoxy) is 1. The third-order valence-corrected chi connectivity index (χ3v) is 2.75. The van der Waals surface area contributed by atoms with E-state index < -0.39 is 0 Å². The molecule has 0 aliphatic rings. The first kappa shape index (κ1) is 17.4. The lowest BCUT2D eigenvalue weighted by atomic mass is 10.2. The summed E-state index contributed by atoms with van der Waals surface area (Å²) in [6.45, 7) is 8.17. The van der Waals surface area contributed by atoms with Gasteiger partial charge in [-0.3, -0.25) is 4.79 Å². The first-order valence-electron chi connectivity index (χ1n) is 7.41. The van der Waals surface area contributed by atoms with Crippen LogP contribution in [-0.4, -0.2) is 25.6 Å². The van der Waals surface area contributed by atoms with Crippen LogP contribution in [0.4, 0.5) is 4.39 Å². The van der Waals surface area contributed by atoms with E-state index in [0.29, 0.717) is 24.8 Å². The molecular formula is C16H25FN2O2. The number of benzene rings is 1. The van der Waals surface area contributed by atoms with Crippen molar-refractivity contribution >= 4 is 5.91 Å². The summed E-state index contributed by atoms with van der Waals surface area (Å²) in [5.41, 5.74) is 0.805. The topological polar surface area (TPSA) is 50.4 Å². The highest BCUT2D eigenvalue weighted by molar-refractivity contribution is 5.77. The molecule has 0 saturated heterocycles. The molecule has 0 spiro atoms. The van der Waals surface area contributed by atoms with Gasteiger partial charge in [-0.15, -0.1) is 0 Å². The fourth-order valence-corrected chi connectivity index (χ4v) is 1.78. The van der Waals surface area contributed by atoms with Crippen LogP contribution < -0.4 is 15.4 Å². The van der Waals surface area contributed by atoms with E-state index >= 15 is 0 Å². The van der Waals surface area contributed by atoms with Crippen LogP contribution in [0.3, 0.4) is 0 Å². The lowest BCUT2D eigenvalue weighted by Gasteiger charge is -2.10. The first-order chi connectivity index (χ1) is 10.0. The van der Waals surface area contributed by atoms with Gasteiger partial charge in [-0.05, 0) is 36.6 Å². The van der Waals surface area contributed by atoms with Gasteiger partial charge < -0.3 is 15.4 Å². The minimum atomic E-state index is -0.359. The van der Waals surface area contributed by atoms with E-state index in [0.717, 1.165) is 18.5 Å². The number of carbonyl (C=O) groups is 1. The van der Waals surface area contributed by atoms with Gasteiger partial charge >= 0.3 is 0 Å². The molecule has 1 aromatic rings. The lowest BCUT2D eigenvalue weighted by molar-refractivity contribution is -0.123. The smallest absolute Gasteiger partial charge is 0.257 e. The van der Waals surface area contributed by atoms with Crippen LogP contribution in [0.25, 0.3) is 0 Å². The molecule has 0 aromatic heterocycles. The van der Waals surface area contributed by atoms with E-state index in [4.69, 9.17) is 4.74 Å². The van der Waals surface area contributed by atoms with Gasteiger partial charge in [0.2, 0.25) is 0 Å². The molecule has 0 aliphatic carbocycles. The van der Waals surface area contributed by atoms with Crippen LogP contribution in [-0.2, 0) is 11.3 Å². The second kappa shape index (κ2) is 9.34. The van der Waals surface area contributed by atoms with Gasteiger partial charge in [0.05, 0.1) is 0 Å². The van der Waals surface area contributed by atoms with Crippen molar-refractivity contribution in [3.8, 4) is 5.75 Å². The molecule has 0 fully saturated rings. The molecule has 4 nitrogen and oxygen atoms in total. The SMILES string of the molecule is CCCNC(=O)COc1cc(F)cc(CNCC(C)C)c1. The van der Waals surface area contributed by atoms with Crippen molar-refractivity contribution in [2.75, 3.05) is 19.7 Å². The quantitative estimate of drug-likeness (QED) is 0.736. The van der Waals surface area contributed by atoms with Crippen molar-refractivity contribution in [2.45, 2.75) is 33.7 Å². The van der Waals surface area contributed by atoms with Crippen LogP contribution in [0.1, 0.15) is 32.8 Å². The van der Waals surface area contributed by atoms with E-state index in [1.807, 2.05) is 6.92 Å². The third-order valence-electron chi connectivity index (χ3n) is 2.75. The zero-order valence-electron chi connectivity index (χ0n) is 13.0. The monoisotopic (exact) mass is 296 g/mol. The van der Waals surface area contributed by atoms with Gasteiger partial charge in [-0.25, -0.2) is 4.39 Å². The first-order valence-corrected chi connectivity index (χ1v) is 7.41. The Bertz CT molecular complexity index is 450. The number of amides is 1. The molecule has 0 heterocycles. The largest absolute Gasteiger partial charge is 0.484 e. The molecule has 1 rings (SSSR count). The second-order valence-electron chi connectivity index (χ2n) is 5.46. The molecular weight excluding hydrogens is 271 g/mol. The summed E-state index contributed by atoms with van der Waals surface area (Å²) in [7, 11) is 0. The van der Waals surface area contributed by atoms with Crippen molar-refractivity contribution in [2.24, 2.45) is 5.92 Å². The van der Waals surface area contributed by atoms with E-state index in [2.05, 4.69) is 24.5 Å². The van der Waals surface area contributed by atoms with E-state index in [1.54, 1.807) is 6.07 Å². The molecule has 1 amide bonds. The third kappa shape index (κ3) is 7.66. The Morgan fingerprint density at radius 2 is 2.10 bits per heavy atom. The summed E-state index contributed by atoms with van der Waals surface area (Å²) in [5.74, 6) is 0.364. The normalized spacial score (nSPS) is 10.7. The molecule has 0 radical (unpaired) electrons. The van der Waals surface area contributed by atoms with Gasteiger partial charge in [-0.1, -0.05) is 20.8 Å². The molecule has 118 valence electrons. The second-order valence-corrected chi connectivity index (χ2v) is 5.46. The van der Waals surface area contributed by atoms with Gasteiger partial charge in [-0.2, -0.15) is 0 Å². The maximum Gasteiger partial charge on any atom is 0.257 e. The Hall–Kier alpha value is -1.62. The van der Waals surface area contributed by atoms with Crippen LogP contribution in [0.2, 0.25) is 0 Å². The highest BCUT2D eigenvalue weighted by Crippen LogP contribution is 2.16. The Morgan fingerprint density at radius 3 is 2.76 bits per heavy atom. The van der Waals surface area contributed by atoms with Crippen LogP contribution in [0, 0.1) is 11.7 Å². The number of hydrogen-bond acceptors (Lipinski definition) is 3. The average Bonchev–Trinajstić information content (AvgIpc) is 2.42. The van der Waals surface area contributed by atoms with E-state index in [1.165, 1.54) is 12.1 Å². The standard InChI is InChI=1S/C16H25FN2O2/c1-4-5-19-16(20)11-21-15-7-13(6-14(17)8-15)10-18-9-12(2)3/h6-8,12,18H,4-5,9-11H2,1-3H3,(H,19,20). The summed E-state index contributed by atoms with van der Waals surface area (Å²) >= 11 is 0. The lowest BCUT2D eigenvalue weighted by Crippen LogP contribution is -2.29. The highest BCUT2D eigenvalue weighted by Gasteiger charge is 2.05. The summed E-state index contributed by atoms with van der Waals surface area (Å²) in [4.78, 5) is 11.4. The summed E-state index contributed by atoms with van der Waals surface area (Å²) in [5, 5.41) is 5.96. The van der Waals surface area contributed by atoms with Crippen molar-refractivity contribution in [3.63, 3.8) is 0 Å². The van der Waals surface area contributed by atoms with Gasteiger partial charge in [0.15, 0.2) is 6.61 Å². The molecule has 0 aliphatic heterocycles. The maximum absolute atomic E-state index is 13.5. The Morgan fingerprint density at radius 1 is 1.33 bits per heavy atom. The predicted molar refractivity (Wildman–Crippen MR) is 81.7 cm³/mol. The zero-order valence-corrected chi connectivity index (χ0v) is 13.0. The minimum absolute atomic E-state index is 0.0949. The Kier molecular flexibility index (Phi) is 7.75. The van der Waals surface area contributed by atoms with Crippen LogP contribution >= 0.6 is 0 Å². The number of nitrogens with one attached hydrogen (secondary N) is 2. The van der Waals surface area contributed by atoms with Crippen molar-refractivity contribution in [3.05, 3.63) is 29.6 Å². The average molecular weight is 296 g/mol. The molecule has 0 unspecified atom stereocenters. The number of hydrogen-bond donors (Lipinski definition) is 2. The molecule has 0 bridgehead atoms. The van der Waals surface area contributed by atoms with Crippen LogP contribution in [0.15, 0.2) is 18.2 Å². The number of rotatable bonds is 9. The molecule has 21 heavy (non-hydrogen) atoms. The van der Waals surface area contributed by atoms with Gasteiger partial charge in [0, 0.05) is 19.2 Å². The van der Waals surface area contributed by atoms with Gasteiger partial charge in [0.1, 0.15) is 11.6 Å².